The van der Waals surface area contributed by atoms with E-state index in [9.17, 15) is 4.79 Å². The molecule has 0 aromatic carbocycles. The molecule has 1 amide bonds. The van der Waals surface area contributed by atoms with Gasteiger partial charge in [0.05, 0.1) is 0 Å². The maximum absolute atomic E-state index is 12.5. The predicted octanol–water partition coefficient (Wildman–Crippen LogP) is 1.99. The molecule has 6 nitrogen and oxygen atoms in total. The van der Waals surface area contributed by atoms with Gasteiger partial charge in [-0.15, -0.1) is 12.4 Å². The summed E-state index contributed by atoms with van der Waals surface area (Å²) in [4.78, 5) is 23.7. The summed E-state index contributed by atoms with van der Waals surface area (Å²) in [6.07, 6.45) is 3.86. The summed E-state index contributed by atoms with van der Waals surface area (Å²) in [5, 5.41) is 6.68. The van der Waals surface area contributed by atoms with Crippen molar-refractivity contribution >= 4 is 24.1 Å². The Labute approximate surface area is 156 Å². The van der Waals surface area contributed by atoms with Crippen LogP contribution in [0.5, 0.6) is 0 Å². The van der Waals surface area contributed by atoms with Crippen molar-refractivity contribution < 1.29 is 4.79 Å². The average Bonchev–Trinajstić information content (AvgIpc) is 2.54. The lowest BCUT2D eigenvalue weighted by Gasteiger charge is -2.35. The largest absolute Gasteiger partial charge is 0.356 e. The van der Waals surface area contributed by atoms with E-state index < -0.39 is 0 Å². The smallest absolute Gasteiger partial charge is 0.223 e. The summed E-state index contributed by atoms with van der Waals surface area (Å²) in [6, 6.07) is 2.78. The SMILES string of the molecule is Cc1cc(N2CCC(NC(=O)[C@H]3CCN[C@@H](C)C3)CC2)nc(C)n1.Cl. The molecule has 0 radical (unpaired) electrons. The zero-order valence-electron chi connectivity index (χ0n) is 15.4. The molecule has 140 valence electrons. The first-order valence-corrected chi connectivity index (χ1v) is 9.12. The molecule has 2 N–H and O–H groups in total. The van der Waals surface area contributed by atoms with Crippen LogP contribution in [0.25, 0.3) is 0 Å². The van der Waals surface area contributed by atoms with Crippen molar-refractivity contribution in [2.24, 2.45) is 5.92 Å². The van der Waals surface area contributed by atoms with Gasteiger partial charge in [-0.3, -0.25) is 4.79 Å². The third-order valence-electron chi connectivity index (χ3n) is 5.11. The van der Waals surface area contributed by atoms with Crippen LogP contribution in [0.1, 0.15) is 44.1 Å². The second-order valence-corrected chi connectivity index (χ2v) is 7.26. The number of nitrogens with zero attached hydrogens (tertiary/aromatic N) is 3. The minimum absolute atomic E-state index is 0. The van der Waals surface area contributed by atoms with Crippen LogP contribution < -0.4 is 15.5 Å². The van der Waals surface area contributed by atoms with Gasteiger partial charge in [-0.05, 0) is 53.0 Å². The van der Waals surface area contributed by atoms with E-state index in [0.29, 0.717) is 12.1 Å². The van der Waals surface area contributed by atoms with E-state index >= 15 is 0 Å². The van der Waals surface area contributed by atoms with Gasteiger partial charge in [-0.2, -0.15) is 0 Å². The van der Waals surface area contributed by atoms with E-state index in [2.05, 4.69) is 32.4 Å². The number of piperidine rings is 2. The molecule has 0 aliphatic carbocycles. The molecule has 2 atom stereocenters. The third kappa shape index (κ3) is 5.28. The third-order valence-corrected chi connectivity index (χ3v) is 5.11. The van der Waals surface area contributed by atoms with E-state index in [1.807, 2.05) is 19.9 Å². The first-order valence-electron chi connectivity index (χ1n) is 9.12. The van der Waals surface area contributed by atoms with Gasteiger partial charge < -0.3 is 15.5 Å². The van der Waals surface area contributed by atoms with Crippen molar-refractivity contribution in [3.8, 4) is 0 Å². The topological polar surface area (TPSA) is 70.2 Å². The summed E-state index contributed by atoms with van der Waals surface area (Å²) >= 11 is 0. The number of aryl methyl sites for hydroxylation is 2. The Kier molecular flexibility index (Phi) is 7.02. The number of anilines is 1. The molecule has 0 bridgehead atoms. The van der Waals surface area contributed by atoms with Crippen molar-refractivity contribution in [1.82, 2.24) is 20.6 Å². The number of carbonyl (C=O) groups excluding carboxylic acids is 1. The lowest BCUT2D eigenvalue weighted by atomic mass is 9.92. The Morgan fingerprint density at radius 2 is 1.96 bits per heavy atom. The van der Waals surface area contributed by atoms with Crippen molar-refractivity contribution in [2.75, 3.05) is 24.5 Å². The zero-order chi connectivity index (χ0) is 17.1. The van der Waals surface area contributed by atoms with Gasteiger partial charge in [0, 0.05) is 42.9 Å². The molecule has 3 heterocycles. The summed E-state index contributed by atoms with van der Waals surface area (Å²) < 4.78 is 0. The van der Waals surface area contributed by atoms with Crippen LogP contribution >= 0.6 is 12.4 Å². The van der Waals surface area contributed by atoms with Crippen LogP contribution in [0, 0.1) is 19.8 Å². The number of amides is 1. The number of hydrogen-bond acceptors (Lipinski definition) is 5. The Bertz CT molecular complexity index is 569. The Morgan fingerprint density at radius 1 is 1.24 bits per heavy atom. The van der Waals surface area contributed by atoms with Crippen LogP contribution in [-0.4, -0.2) is 47.6 Å². The highest BCUT2D eigenvalue weighted by Crippen LogP contribution is 2.21. The molecule has 2 aliphatic rings. The molecule has 0 spiro atoms. The maximum atomic E-state index is 12.5. The number of halogens is 1. The highest BCUT2D eigenvalue weighted by molar-refractivity contribution is 5.85. The second kappa shape index (κ2) is 8.81. The Balaban J connectivity index is 0.00000225. The average molecular weight is 368 g/mol. The quantitative estimate of drug-likeness (QED) is 0.855. The number of hydrogen-bond donors (Lipinski definition) is 2. The normalized spacial score (nSPS) is 24.5. The van der Waals surface area contributed by atoms with Gasteiger partial charge in [0.2, 0.25) is 5.91 Å². The zero-order valence-corrected chi connectivity index (χ0v) is 16.2. The minimum Gasteiger partial charge on any atom is -0.356 e. The van der Waals surface area contributed by atoms with Crippen molar-refractivity contribution in [3.05, 3.63) is 17.6 Å². The van der Waals surface area contributed by atoms with E-state index in [1.54, 1.807) is 0 Å². The number of carbonyl (C=O) groups is 1. The van der Waals surface area contributed by atoms with E-state index in [1.165, 1.54) is 0 Å². The molecule has 1 aromatic heterocycles. The standard InChI is InChI=1S/C18H29N5O.ClH/c1-12-10-15(4-7-19-12)18(24)22-16-5-8-23(9-6-16)17-11-13(2)20-14(3)21-17;/h11-12,15-16,19H,4-10H2,1-3H3,(H,22,24);1H/t12-,15-;/m0./s1. The van der Waals surface area contributed by atoms with Crippen LogP contribution in [0.3, 0.4) is 0 Å². The highest BCUT2D eigenvalue weighted by atomic mass is 35.5. The molecule has 7 heteroatoms. The second-order valence-electron chi connectivity index (χ2n) is 7.26. The summed E-state index contributed by atoms with van der Waals surface area (Å²) in [5.74, 6) is 2.25. The molecular formula is C18H30ClN5O. The van der Waals surface area contributed by atoms with Gasteiger partial charge in [0.1, 0.15) is 11.6 Å². The molecule has 2 aliphatic heterocycles. The fraction of sp³-hybridized carbons (Fsp3) is 0.722. The van der Waals surface area contributed by atoms with Crippen LogP contribution in [0.15, 0.2) is 6.07 Å². The molecule has 0 unspecified atom stereocenters. The van der Waals surface area contributed by atoms with Crippen LogP contribution in [0.2, 0.25) is 0 Å². The molecule has 0 saturated carbocycles. The van der Waals surface area contributed by atoms with Gasteiger partial charge in [-0.25, -0.2) is 9.97 Å². The maximum Gasteiger partial charge on any atom is 0.223 e. The van der Waals surface area contributed by atoms with Gasteiger partial charge in [-0.1, -0.05) is 0 Å². The molecule has 2 saturated heterocycles. The van der Waals surface area contributed by atoms with Crippen molar-refractivity contribution in [2.45, 2.75) is 58.5 Å². The van der Waals surface area contributed by atoms with E-state index in [0.717, 1.165) is 62.7 Å². The van der Waals surface area contributed by atoms with Crippen molar-refractivity contribution in [3.63, 3.8) is 0 Å². The van der Waals surface area contributed by atoms with Crippen molar-refractivity contribution in [1.29, 1.82) is 0 Å². The minimum atomic E-state index is 0. The lowest BCUT2D eigenvalue weighted by molar-refractivity contribution is -0.126. The number of rotatable bonds is 3. The summed E-state index contributed by atoms with van der Waals surface area (Å²) in [6.45, 7) is 8.91. The highest BCUT2D eigenvalue weighted by Gasteiger charge is 2.28. The summed E-state index contributed by atoms with van der Waals surface area (Å²) in [5.41, 5.74) is 1.01. The number of nitrogens with one attached hydrogen (secondary N) is 2. The fourth-order valence-corrected chi connectivity index (χ4v) is 3.80. The fourth-order valence-electron chi connectivity index (χ4n) is 3.80. The first-order chi connectivity index (χ1) is 11.5. The molecule has 2 fully saturated rings. The lowest BCUT2D eigenvalue weighted by Crippen LogP contribution is -2.49. The summed E-state index contributed by atoms with van der Waals surface area (Å²) in [7, 11) is 0. The van der Waals surface area contributed by atoms with E-state index in [4.69, 9.17) is 0 Å². The number of aromatic nitrogens is 2. The Hall–Kier alpha value is -1.40. The van der Waals surface area contributed by atoms with Crippen LogP contribution in [0.4, 0.5) is 5.82 Å². The van der Waals surface area contributed by atoms with Gasteiger partial charge in [0.25, 0.3) is 0 Å². The first kappa shape index (κ1) is 19.9. The molecule has 25 heavy (non-hydrogen) atoms. The molecular weight excluding hydrogens is 338 g/mol. The van der Waals surface area contributed by atoms with Gasteiger partial charge in [0.15, 0.2) is 0 Å². The monoisotopic (exact) mass is 367 g/mol. The van der Waals surface area contributed by atoms with Gasteiger partial charge >= 0.3 is 0 Å². The predicted molar refractivity (Wildman–Crippen MR) is 102 cm³/mol. The molecule has 3 rings (SSSR count). The Morgan fingerprint density at radius 3 is 2.60 bits per heavy atom. The van der Waals surface area contributed by atoms with Crippen LogP contribution in [-0.2, 0) is 4.79 Å². The van der Waals surface area contributed by atoms with E-state index in [-0.39, 0.29) is 24.2 Å². The molecule has 1 aromatic rings.